The zero-order valence-electron chi connectivity index (χ0n) is 8.67. The van der Waals surface area contributed by atoms with Gasteiger partial charge >= 0.3 is 6.09 Å². The number of benzene rings is 1. The Hall–Kier alpha value is -2.08. The fourth-order valence-electron chi connectivity index (χ4n) is 1.13. The molecule has 0 aliphatic rings. The highest BCUT2D eigenvalue weighted by Gasteiger charge is 2.08. The van der Waals surface area contributed by atoms with Crippen molar-refractivity contribution >= 4 is 12.0 Å². The first-order valence-corrected chi connectivity index (χ1v) is 4.53. The second-order valence-electron chi connectivity index (χ2n) is 3.18. The minimum absolute atomic E-state index is 0.179. The lowest BCUT2D eigenvalue weighted by Crippen LogP contribution is -2.22. The molecule has 0 unspecified atom stereocenters. The molecule has 1 aromatic rings. The Kier molecular flexibility index (Phi) is 3.84. The van der Waals surface area contributed by atoms with Crippen LogP contribution in [0.25, 0.3) is 0 Å². The highest BCUT2D eigenvalue weighted by molar-refractivity contribution is 5.93. The third-order valence-corrected chi connectivity index (χ3v) is 1.94. The van der Waals surface area contributed by atoms with Crippen LogP contribution in [0.4, 0.5) is 4.79 Å². The number of hydroxylamine groups is 2. The van der Waals surface area contributed by atoms with E-state index >= 15 is 0 Å². The van der Waals surface area contributed by atoms with Crippen LogP contribution in [-0.2, 0) is 6.54 Å². The molecule has 0 fully saturated rings. The first kappa shape index (κ1) is 12.0. The summed E-state index contributed by atoms with van der Waals surface area (Å²) in [5, 5.41) is 20.0. The summed E-state index contributed by atoms with van der Waals surface area (Å²) >= 11 is 0. The average molecular weight is 224 g/mol. The zero-order chi connectivity index (χ0) is 12.1. The SMILES string of the molecule is CN(O)C(=O)c1ccc(CNC(=O)O)cc1. The first-order valence-electron chi connectivity index (χ1n) is 4.53. The molecule has 0 aromatic heterocycles. The smallest absolute Gasteiger partial charge is 0.404 e. The van der Waals surface area contributed by atoms with E-state index < -0.39 is 12.0 Å². The van der Waals surface area contributed by atoms with E-state index in [1.54, 1.807) is 12.1 Å². The summed E-state index contributed by atoms with van der Waals surface area (Å²) in [6.45, 7) is 0.179. The topological polar surface area (TPSA) is 89.9 Å². The van der Waals surface area contributed by atoms with Gasteiger partial charge in [0.25, 0.3) is 5.91 Å². The Labute approximate surface area is 92.1 Å². The number of nitrogens with zero attached hydrogens (tertiary/aromatic N) is 1. The second-order valence-corrected chi connectivity index (χ2v) is 3.18. The molecule has 3 N–H and O–H groups in total. The predicted octanol–water partition coefficient (Wildman–Crippen LogP) is 0.915. The Balaban J connectivity index is 2.68. The van der Waals surface area contributed by atoms with E-state index in [0.29, 0.717) is 10.6 Å². The molecule has 2 amide bonds. The summed E-state index contributed by atoms with van der Waals surface area (Å²) in [4.78, 5) is 21.5. The Morgan fingerprint density at radius 2 is 1.88 bits per heavy atom. The minimum atomic E-state index is -1.10. The van der Waals surface area contributed by atoms with E-state index in [0.717, 1.165) is 5.56 Å². The van der Waals surface area contributed by atoms with Gasteiger partial charge in [0.05, 0.1) is 0 Å². The highest BCUT2D eigenvalue weighted by Crippen LogP contribution is 2.06. The summed E-state index contributed by atoms with van der Waals surface area (Å²) in [6.07, 6.45) is -1.10. The van der Waals surface area contributed by atoms with Gasteiger partial charge in [-0.05, 0) is 17.7 Å². The third-order valence-electron chi connectivity index (χ3n) is 1.94. The van der Waals surface area contributed by atoms with Gasteiger partial charge in [-0.3, -0.25) is 10.0 Å². The van der Waals surface area contributed by atoms with Crippen LogP contribution in [-0.4, -0.2) is 34.4 Å². The van der Waals surface area contributed by atoms with Crippen molar-refractivity contribution in [3.8, 4) is 0 Å². The third kappa shape index (κ3) is 3.25. The van der Waals surface area contributed by atoms with Gasteiger partial charge in [-0.15, -0.1) is 0 Å². The monoisotopic (exact) mass is 224 g/mol. The average Bonchev–Trinajstić information content (AvgIpc) is 2.26. The number of carbonyl (C=O) groups is 2. The number of amides is 2. The van der Waals surface area contributed by atoms with Gasteiger partial charge in [0.1, 0.15) is 0 Å². The van der Waals surface area contributed by atoms with Crippen molar-refractivity contribution in [3.05, 3.63) is 35.4 Å². The normalized spacial score (nSPS) is 9.62. The van der Waals surface area contributed by atoms with Gasteiger partial charge in [0.2, 0.25) is 0 Å². The Morgan fingerprint density at radius 1 is 1.31 bits per heavy atom. The van der Waals surface area contributed by atoms with Gasteiger partial charge in [0, 0.05) is 19.2 Å². The molecule has 0 bridgehead atoms. The molecular weight excluding hydrogens is 212 g/mol. The van der Waals surface area contributed by atoms with E-state index in [1.807, 2.05) is 0 Å². The molecule has 6 heteroatoms. The van der Waals surface area contributed by atoms with Gasteiger partial charge in [-0.2, -0.15) is 0 Å². The zero-order valence-corrected chi connectivity index (χ0v) is 8.67. The second kappa shape index (κ2) is 5.13. The van der Waals surface area contributed by atoms with Crippen LogP contribution in [0.3, 0.4) is 0 Å². The van der Waals surface area contributed by atoms with Gasteiger partial charge in [-0.1, -0.05) is 12.1 Å². The predicted molar refractivity (Wildman–Crippen MR) is 55.2 cm³/mol. The van der Waals surface area contributed by atoms with Crippen molar-refractivity contribution in [2.75, 3.05) is 7.05 Å². The fourth-order valence-corrected chi connectivity index (χ4v) is 1.13. The molecule has 86 valence electrons. The molecule has 0 aliphatic carbocycles. The summed E-state index contributed by atoms with van der Waals surface area (Å²) in [5.41, 5.74) is 1.07. The highest BCUT2D eigenvalue weighted by atomic mass is 16.5. The minimum Gasteiger partial charge on any atom is -0.465 e. The Morgan fingerprint density at radius 3 is 2.31 bits per heavy atom. The molecule has 0 saturated heterocycles. The van der Waals surface area contributed by atoms with Crippen molar-refractivity contribution in [3.63, 3.8) is 0 Å². The van der Waals surface area contributed by atoms with Crippen molar-refractivity contribution in [1.82, 2.24) is 10.4 Å². The summed E-state index contributed by atoms with van der Waals surface area (Å²) in [6, 6.07) is 6.28. The van der Waals surface area contributed by atoms with Crippen LogP contribution in [0, 0.1) is 0 Å². The molecule has 16 heavy (non-hydrogen) atoms. The molecule has 0 atom stereocenters. The van der Waals surface area contributed by atoms with Crippen LogP contribution < -0.4 is 5.32 Å². The maximum Gasteiger partial charge on any atom is 0.404 e. The number of carbonyl (C=O) groups excluding carboxylic acids is 1. The molecule has 0 spiro atoms. The van der Waals surface area contributed by atoms with E-state index in [9.17, 15) is 9.59 Å². The quantitative estimate of drug-likeness (QED) is 0.526. The van der Waals surface area contributed by atoms with E-state index in [1.165, 1.54) is 19.2 Å². The van der Waals surface area contributed by atoms with Crippen LogP contribution in [0.5, 0.6) is 0 Å². The standard InChI is InChI=1S/C10H12N2O4/c1-12(16)9(13)8-4-2-7(3-5-8)6-11-10(14)15/h2-5,11,16H,6H2,1H3,(H,14,15). The molecule has 6 nitrogen and oxygen atoms in total. The molecular formula is C10H12N2O4. The number of hydrogen-bond donors (Lipinski definition) is 3. The van der Waals surface area contributed by atoms with Crippen molar-refractivity contribution in [2.45, 2.75) is 6.54 Å². The lowest BCUT2D eigenvalue weighted by atomic mass is 10.1. The van der Waals surface area contributed by atoms with Crippen molar-refractivity contribution in [1.29, 1.82) is 0 Å². The summed E-state index contributed by atoms with van der Waals surface area (Å²) in [5.74, 6) is -0.516. The van der Waals surface area contributed by atoms with Crippen LogP contribution >= 0.6 is 0 Å². The lowest BCUT2D eigenvalue weighted by Gasteiger charge is -2.08. The fraction of sp³-hybridized carbons (Fsp3) is 0.200. The molecule has 0 aliphatic heterocycles. The number of hydrogen-bond acceptors (Lipinski definition) is 3. The molecule has 0 heterocycles. The maximum atomic E-state index is 11.3. The largest absolute Gasteiger partial charge is 0.465 e. The molecule has 0 radical (unpaired) electrons. The maximum absolute atomic E-state index is 11.3. The Bertz CT molecular complexity index is 386. The molecule has 1 rings (SSSR count). The van der Waals surface area contributed by atoms with E-state index in [4.69, 9.17) is 10.3 Å². The lowest BCUT2D eigenvalue weighted by molar-refractivity contribution is -0.0374. The van der Waals surface area contributed by atoms with Crippen LogP contribution in [0.15, 0.2) is 24.3 Å². The van der Waals surface area contributed by atoms with E-state index in [-0.39, 0.29) is 6.54 Å². The van der Waals surface area contributed by atoms with Gasteiger partial charge in [0.15, 0.2) is 0 Å². The molecule has 1 aromatic carbocycles. The van der Waals surface area contributed by atoms with Crippen molar-refractivity contribution in [2.24, 2.45) is 0 Å². The summed E-state index contributed by atoms with van der Waals surface area (Å²) in [7, 11) is 1.24. The van der Waals surface area contributed by atoms with Crippen LogP contribution in [0.1, 0.15) is 15.9 Å². The van der Waals surface area contributed by atoms with Gasteiger partial charge < -0.3 is 10.4 Å². The molecule has 0 saturated carbocycles. The summed E-state index contributed by atoms with van der Waals surface area (Å²) < 4.78 is 0. The number of rotatable bonds is 3. The number of nitrogens with one attached hydrogen (secondary N) is 1. The first-order chi connectivity index (χ1) is 7.50. The van der Waals surface area contributed by atoms with Crippen LogP contribution in [0.2, 0.25) is 0 Å². The van der Waals surface area contributed by atoms with E-state index in [2.05, 4.69) is 5.32 Å². The number of carboxylic acid groups (broad SMARTS) is 1. The van der Waals surface area contributed by atoms with Gasteiger partial charge in [-0.25, -0.2) is 9.86 Å². The van der Waals surface area contributed by atoms with Crippen molar-refractivity contribution < 1.29 is 19.9 Å².